The first-order chi connectivity index (χ1) is 6.72. The highest BCUT2D eigenvalue weighted by atomic mass is 16.9. The molecule has 1 N–H and O–H groups in total. The lowest BCUT2D eigenvalue weighted by molar-refractivity contribution is -0.385. The molecule has 0 saturated carbocycles. The van der Waals surface area contributed by atoms with Crippen LogP contribution in [0.5, 0.6) is 11.5 Å². The van der Waals surface area contributed by atoms with Gasteiger partial charge in [0.2, 0.25) is 5.75 Å². The average Bonchev–Trinajstić information content (AvgIpc) is 2.62. The molecule has 0 radical (unpaired) electrons. The smallest absolute Gasteiger partial charge is 0.291 e. The number of nitrogens with one attached hydrogen (secondary N) is 1. The first-order valence-corrected chi connectivity index (χ1v) is 3.53. The number of nitro groups is 1. The second kappa shape index (κ2) is 2.86. The lowest BCUT2D eigenvalue weighted by Gasteiger charge is -1.95. The number of nitro benzene ring substituents is 1. The summed E-state index contributed by atoms with van der Waals surface area (Å²) in [5.74, 6) is 0.447. The van der Waals surface area contributed by atoms with Crippen molar-refractivity contribution in [1.82, 2.24) is 5.64 Å². The lowest BCUT2D eigenvalue weighted by Crippen LogP contribution is -2.14. The first kappa shape index (κ1) is 8.28. The fourth-order valence-electron chi connectivity index (χ4n) is 1.06. The van der Waals surface area contributed by atoms with E-state index in [9.17, 15) is 10.1 Å². The molecule has 0 aromatic heterocycles. The first-order valence-electron chi connectivity index (χ1n) is 3.53. The maximum atomic E-state index is 10.5. The SMILES string of the molecule is N#Cc1cc2c(cc1[N+](=O)[O-])ONO2. The summed E-state index contributed by atoms with van der Waals surface area (Å²) in [6.07, 6.45) is 0. The number of hydrogen-bond donors (Lipinski definition) is 1. The number of nitriles is 1. The van der Waals surface area contributed by atoms with E-state index in [-0.39, 0.29) is 22.7 Å². The minimum Gasteiger partial charge on any atom is -0.370 e. The van der Waals surface area contributed by atoms with Gasteiger partial charge in [-0.05, 0) is 0 Å². The van der Waals surface area contributed by atoms with Crippen molar-refractivity contribution < 1.29 is 14.6 Å². The van der Waals surface area contributed by atoms with Crippen molar-refractivity contribution in [1.29, 1.82) is 5.26 Å². The third-order valence-electron chi connectivity index (χ3n) is 1.68. The Morgan fingerprint density at radius 2 is 2.07 bits per heavy atom. The summed E-state index contributed by atoms with van der Waals surface area (Å²) in [7, 11) is 0. The summed E-state index contributed by atoms with van der Waals surface area (Å²) in [5, 5.41) is 19.1. The standard InChI is InChI=1S/C7H3N3O4/c8-3-4-1-6-7(14-9-13-6)2-5(4)10(11)12/h1-2,9H. The molecule has 0 unspecified atom stereocenters. The zero-order chi connectivity index (χ0) is 10.1. The third-order valence-corrected chi connectivity index (χ3v) is 1.68. The summed E-state index contributed by atoms with van der Waals surface area (Å²) >= 11 is 0. The zero-order valence-corrected chi connectivity index (χ0v) is 6.68. The van der Waals surface area contributed by atoms with Crippen LogP contribution in [-0.4, -0.2) is 4.92 Å². The normalized spacial score (nSPS) is 12.2. The summed E-state index contributed by atoms with van der Waals surface area (Å²) < 4.78 is 0. The Bertz CT molecular complexity index is 451. The molecule has 14 heavy (non-hydrogen) atoms. The van der Waals surface area contributed by atoms with E-state index in [0.29, 0.717) is 0 Å². The number of nitrogens with zero attached hydrogens (tertiary/aromatic N) is 2. The molecule has 1 aromatic rings. The number of rotatable bonds is 1. The van der Waals surface area contributed by atoms with Crippen LogP contribution in [0.15, 0.2) is 12.1 Å². The van der Waals surface area contributed by atoms with Crippen molar-refractivity contribution in [3.63, 3.8) is 0 Å². The minimum atomic E-state index is -0.652. The quantitative estimate of drug-likeness (QED) is 0.519. The van der Waals surface area contributed by atoms with Crippen molar-refractivity contribution in [2.45, 2.75) is 0 Å². The van der Waals surface area contributed by atoms with Gasteiger partial charge in [-0.3, -0.25) is 10.1 Å². The van der Waals surface area contributed by atoms with E-state index in [1.54, 1.807) is 6.07 Å². The van der Waals surface area contributed by atoms with Crippen molar-refractivity contribution >= 4 is 5.69 Å². The van der Waals surface area contributed by atoms with Crippen molar-refractivity contribution in [3.05, 3.63) is 27.8 Å². The Labute approximate surface area is 77.5 Å². The van der Waals surface area contributed by atoms with Crippen molar-refractivity contribution in [2.24, 2.45) is 0 Å². The van der Waals surface area contributed by atoms with Crippen LogP contribution in [-0.2, 0) is 0 Å². The Kier molecular flexibility index (Phi) is 1.69. The van der Waals surface area contributed by atoms with Gasteiger partial charge in [-0.2, -0.15) is 5.26 Å². The topological polar surface area (TPSA) is 97.4 Å². The summed E-state index contributed by atoms with van der Waals surface area (Å²) in [6, 6.07) is 4.08. The maximum absolute atomic E-state index is 10.5. The molecule has 0 spiro atoms. The molecule has 0 aliphatic carbocycles. The molecule has 0 bridgehead atoms. The average molecular weight is 193 g/mol. The predicted octanol–water partition coefficient (Wildman–Crippen LogP) is 0.657. The monoisotopic (exact) mass is 193 g/mol. The number of hydrogen-bond acceptors (Lipinski definition) is 6. The molecule has 1 heterocycles. The highest BCUT2D eigenvalue weighted by Crippen LogP contribution is 2.36. The van der Waals surface area contributed by atoms with Crippen LogP contribution in [0, 0.1) is 21.4 Å². The lowest BCUT2D eigenvalue weighted by atomic mass is 10.2. The fraction of sp³-hybridized carbons (Fsp3) is 0. The van der Waals surface area contributed by atoms with E-state index in [1.807, 2.05) is 0 Å². The van der Waals surface area contributed by atoms with Crippen LogP contribution in [0.3, 0.4) is 0 Å². The number of fused-ring (bicyclic) bond motifs is 1. The maximum Gasteiger partial charge on any atom is 0.291 e. The summed E-state index contributed by atoms with van der Waals surface area (Å²) in [4.78, 5) is 19.3. The highest BCUT2D eigenvalue weighted by Gasteiger charge is 2.23. The molecular weight excluding hydrogens is 190 g/mol. The van der Waals surface area contributed by atoms with Gasteiger partial charge in [0.25, 0.3) is 5.69 Å². The Morgan fingerprint density at radius 1 is 1.43 bits per heavy atom. The van der Waals surface area contributed by atoms with Gasteiger partial charge in [0.05, 0.1) is 11.0 Å². The fourth-order valence-corrected chi connectivity index (χ4v) is 1.06. The van der Waals surface area contributed by atoms with E-state index in [4.69, 9.17) is 14.9 Å². The van der Waals surface area contributed by atoms with Gasteiger partial charge in [0.1, 0.15) is 11.6 Å². The van der Waals surface area contributed by atoms with Gasteiger partial charge in [-0.15, -0.1) is 0 Å². The number of benzene rings is 1. The van der Waals surface area contributed by atoms with Gasteiger partial charge >= 0.3 is 0 Å². The molecule has 7 heteroatoms. The zero-order valence-electron chi connectivity index (χ0n) is 6.68. The van der Waals surface area contributed by atoms with E-state index < -0.39 is 4.92 Å². The Balaban J connectivity index is 2.61. The van der Waals surface area contributed by atoms with Gasteiger partial charge in [-0.1, -0.05) is 0 Å². The van der Waals surface area contributed by atoms with Crippen LogP contribution >= 0.6 is 0 Å². The summed E-state index contributed by atoms with van der Waals surface area (Å²) in [5.41, 5.74) is 1.70. The molecule has 0 atom stereocenters. The largest absolute Gasteiger partial charge is 0.370 e. The predicted molar refractivity (Wildman–Crippen MR) is 42.2 cm³/mol. The van der Waals surface area contributed by atoms with E-state index >= 15 is 0 Å². The highest BCUT2D eigenvalue weighted by molar-refractivity contribution is 5.59. The third kappa shape index (κ3) is 1.10. The molecule has 7 nitrogen and oxygen atoms in total. The van der Waals surface area contributed by atoms with Gasteiger partial charge in [0, 0.05) is 11.7 Å². The molecule has 0 amide bonds. The molecule has 0 fully saturated rings. The van der Waals surface area contributed by atoms with E-state index in [2.05, 4.69) is 5.64 Å². The molecule has 2 rings (SSSR count). The van der Waals surface area contributed by atoms with Crippen LogP contribution in [0.25, 0.3) is 0 Å². The van der Waals surface area contributed by atoms with Crippen LogP contribution in [0.4, 0.5) is 5.69 Å². The molecule has 1 aliphatic heterocycles. The second-order valence-corrected chi connectivity index (χ2v) is 2.47. The van der Waals surface area contributed by atoms with Crippen LogP contribution in [0.2, 0.25) is 0 Å². The van der Waals surface area contributed by atoms with E-state index in [0.717, 1.165) is 6.07 Å². The van der Waals surface area contributed by atoms with Crippen molar-refractivity contribution in [3.8, 4) is 17.6 Å². The molecule has 1 aromatic carbocycles. The van der Waals surface area contributed by atoms with Crippen LogP contribution < -0.4 is 15.3 Å². The molecule has 1 aliphatic rings. The minimum absolute atomic E-state index is 0.0685. The van der Waals surface area contributed by atoms with Gasteiger partial charge < -0.3 is 9.68 Å². The Morgan fingerprint density at radius 3 is 2.64 bits per heavy atom. The molecule has 70 valence electrons. The summed E-state index contributed by atoms with van der Waals surface area (Å²) in [6.45, 7) is 0. The van der Waals surface area contributed by atoms with E-state index in [1.165, 1.54) is 6.07 Å². The molecule has 0 saturated heterocycles. The Hall–Kier alpha value is -2.33. The van der Waals surface area contributed by atoms with Crippen LogP contribution in [0.1, 0.15) is 5.56 Å². The molecular formula is C7H3N3O4. The second-order valence-electron chi connectivity index (χ2n) is 2.47. The van der Waals surface area contributed by atoms with Gasteiger partial charge in [-0.25, -0.2) is 0 Å². The van der Waals surface area contributed by atoms with Gasteiger partial charge in [0.15, 0.2) is 5.75 Å². The van der Waals surface area contributed by atoms with Crippen molar-refractivity contribution in [2.75, 3.05) is 0 Å².